The van der Waals surface area contributed by atoms with Crippen molar-refractivity contribution in [3.05, 3.63) is 58.6 Å². The van der Waals surface area contributed by atoms with E-state index in [0.29, 0.717) is 5.02 Å². The van der Waals surface area contributed by atoms with E-state index in [1.54, 1.807) is 6.92 Å². The molecule has 0 heterocycles. The first-order chi connectivity index (χ1) is 9.00. The topological polar surface area (TPSA) is 23.5 Å². The van der Waals surface area contributed by atoms with Crippen LogP contribution in [0.1, 0.15) is 24.2 Å². The summed E-state index contributed by atoms with van der Waals surface area (Å²) in [4.78, 5) is 2.09. The Morgan fingerprint density at radius 2 is 1.84 bits per heavy atom. The molecule has 0 aliphatic heterocycles. The van der Waals surface area contributed by atoms with Gasteiger partial charge in [-0.1, -0.05) is 35.9 Å². The predicted octanol–water partition coefficient (Wildman–Crippen LogP) is 4.47. The molecule has 0 aliphatic carbocycles. The summed E-state index contributed by atoms with van der Waals surface area (Å²) in [5.74, 6) is 0. The minimum absolute atomic E-state index is 0.551. The Morgan fingerprint density at radius 1 is 1.16 bits per heavy atom. The maximum atomic E-state index is 9.60. The Kier molecular flexibility index (Phi) is 4.13. The van der Waals surface area contributed by atoms with Crippen molar-refractivity contribution in [1.82, 2.24) is 0 Å². The van der Waals surface area contributed by atoms with Crippen LogP contribution in [-0.4, -0.2) is 12.2 Å². The third kappa shape index (κ3) is 2.91. The number of benzene rings is 2. The van der Waals surface area contributed by atoms with Crippen molar-refractivity contribution >= 4 is 23.0 Å². The molecule has 2 aromatic carbocycles. The van der Waals surface area contributed by atoms with Gasteiger partial charge in [0.15, 0.2) is 0 Å². The molecule has 3 heteroatoms. The Labute approximate surface area is 119 Å². The lowest BCUT2D eigenvalue weighted by Gasteiger charge is -2.22. The molecule has 100 valence electrons. The number of aliphatic hydroxyl groups is 1. The van der Waals surface area contributed by atoms with Crippen LogP contribution in [0.25, 0.3) is 0 Å². The van der Waals surface area contributed by atoms with E-state index < -0.39 is 6.10 Å². The zero-order valence-corrected chi connectivity index (χ0v) is 12.1. The summed E-state index contributed by atoms with van der Waals surface area (Å²) >= 11 is 6.21. The lowest BCUT2D eigenvalue weighted by molar-refractivity contribution is 0.199. The van der Waals surface area contributed by atoms with Crippen molar-refractivity contribution in [3.63, 3.8) is 0 Å². The van der Waals surface area contributed by atoms with Crippen LogP contribution in [0.5, 0.6) is 0 Å². The molecule has 0 bridgehead atoms. The number of para-hydroxylation sites is 1. The van der Waals surface area contributed by atoms with Crippen molar-refractivity contribution in [3.8, 4) is 0 Å². The van der Waals surface area contributed by atoms with E-state index in [1.165, 1.54) is 5.56 Å². The number of aryl methyl sites for hydroxylation is 1. The second-order valence-electron chi connectivity index (χ2n) is 4.73. The van der Waals surface area contributed by atoms with E-state index in [9.17, 15) is 5.11 Å². The third-order valence-electron chi connectivity index (χ3n) is 3.30. The Morgan fingerprint density at radius 3 is 2.42 bits per heavy atom. The van der Waals surface area contributed by atoms with Gasteiger partial charge in [-0.05, 0) is 43.2 Å². The summed E-state index contributed by atoms with van der Waals surface area (Å²) in [6, 6.07) is 13.9. The Balaban J connectivity index is 2.38. The maximum Gasteiger partial charge on any atom is 0.0776 e. The lowest BCUT2D eigenvalue weighted by atomic mass is 10.1. The second-order valence-corrected chi connectivity index (χ2v) is 5.13. The summed E-state index contributed by atoms with van der Waals surface area (Å²) in [7, 11) is 2.01. The van der Waals surface area contributed by atoms with Crippen LogP contribution >= 0.6 is 11.6 Å². The van der Waals surface area contributed by atoms with Gasteiger partial charge in [0, 0.05) is 23.4 Å². The van der Waals surface area contributed by atoms with E-state index in [1.807, 2.05) is 37.4 Å². The largest absolute Gasteiger partial charge is 0.389 e. The molecule has 2 nitrogen and oxygen atoms in total. The monoisotopic (exact) mass is 275 g/mol. The lowest BCUT2D eigenvalue weighted by Crippen LogP contribution is -2.11. The molecule has 0 saturated carbocycles. The highest BCUT2D eigenvalue weighted by atomic mass is 35.5. The van der Waals surface area contributed by atoms with Gasteiger partial charge in [0.05, 0.1) is 6.10 Å². The normalized spacial score (nSPS) is 12.3. The van der Waals surface area contributed by atoms with E-state index >= 15 is 0 Å². The third-order valence-corrected chi connectivity index (χ3v) is 3.63. The minimum atomic E-state index is -0.551. The average Bonchev–Trinajstić information content (AvgIpc) is 2.38. The first-order valence-corrected chi connectivity index (χ1v) is 6.65. The fourth-order valence-corrected chi connectivity index (χ4v) is 2.48. The molecule has 1 N–H and O–H groups in total. The summed E-state index contributed by atoms with van der Waals surface area (Å²) in [6.07, 6.45) is -0.551. The molecule has 0 spiro atoms. The van der Waals surface area contributed by atoms with Crippen LogP contribution in [0.15, 0.2) is 42.5 Å². The SMILES string of the molecule is Cc1ccccc1N(C)c1ccc(C(C)O)c(Cl)c1. The second kappa shape index (κ2) is 5.64. The molecular weight excluding hydrogens is 258 g/mol. The fraction of sp³-hybridized carbons (Fsp3) is 0.250. The molecule has 0 aromatic heterocycles. The Bertz CT molecular complexity index is 581. The average molecular weight is 276 g/mol. The first kappa shape index (κ1) is 13.9. The van der Waals surface area contributed by atoms with Crippen LogP contribution in [0.2, 0.25) is 5.02 Å². The molecule has 1 unspecified atom stereocenters. The molecule has 2 rings (SSSR count). The quantitative estimate of drug-likeness (QED) is 0.893. The smallest absolute Gasteiger partial charge is 0.0776 e. The predicted molar refractivity (Wildman–Crippen MR) is 81.3 cm³/mol. The maximum absolute atomic E-state index is 9.60. The number of nitrogens with zero attached hydrogens (tertiary/aromatic N) is 1. The van der Waals surface area contributed by atoms with Crippen molar-refractivity contribution in [1.29, 1.82) is 0 Å². The summed E-state index contributed by atoms with van der Waals surface area (Å²) in [5.41, 5.74) is 4.11. The van der Waals surface area contributed by atoms with Gasteiger partial charge in [0.25, 0.3) is 0 Å². The highest BCUT2D eigenvalue weighted by molar-refractivity contribution is 6.31. The molecular formula is C16H18ClNO. The minimum Gasteiger partial charge on any atom is -0.389 e. The van der Waals surface area contributed by atoms with Crippen LogP contribution in [-0.2, 0) is 0 Å². The molecule has 1 atom stereocenters. The van der Waals surface area contributed by atoms with E-state index in [0.717, 1.165) is 16.9 Å². The fourth-order valence-electron chi connectivity index (χ4n) is 2.14. The summed E-state index contributed by atoms with van der Waals surface area (Å²) < 4.78 is 0. The number of hydrogen-bond donors (Lipinski definition) is 1. The van der Waals surface area contributed by atoms with Crippen molar-refractivity contribution in [2.24, 2.45) is 0 Å². The number of anilines is 2. The van der Waals surface area contributed by atoms with Crippen LogP contribution in [0.4, 0.5) is 11.4 Å². The zero-order chi connectivity index (χ0) is 14.0. The molecule has 0 saturated heterocycles. The molecule has 0 amide bonds. The summed E-state index contributed by atoms with van der Waals surface area (Å²) in [6.45, 7) is 3.80. The molecule has 0 radical (unpaired) electrons. The first-order valence-electron chi connectivity index (χ1n) is 6.27. The highest BCUT2D eigenvalue weighted by Gasteiger charge is 2.11. The van der Waals surface area contributed by atoms with Gasteiger partial charge in [-0.15, -0.1) is 0 Å². The van der Waals surface area contributed by atoms with E-state index in [2.05, 4.69) is 24.0 Å². The molecule has 0 fully saturated rings. The molecule has 19 heavy (non-hydrogen) atoms. The number of halogens is 1. The number of hydrogen-bond acceptors (Lipinski definition) is 2. The standard InChI is InChI=1S/C16H18ClNO/c1-11-6-4-5-7-16(11)18(3)13-8-9-14(12(2)19)15(17)10-13/h4-10,12,19H,1-3H3. The van der Waals surface area contributed by atoms with Gasteiger partial charge >= 0.3 is 0 Å². The molecule has 0 aliphatic rings. The highest BCUT2D eigenvalue weighted by Crippen LogP contribution is 2.31. The Hall–Kier alpha value is -1.51. The van der Waals surface area contributed by atoms with Crippen LogP contribution in [0.3, 0.4) is 0 Å². The van der Waals surface area contributed by atoms with Gasteiger partial charge in [0.2, 0.25) is 0 Å². The number of rotatable bonds is 3. The summed E-state index contributed by atoms with van der Waals surface area (Å²) in [5, 5.41) is 10.2. The van der Waals surface area contributed by atoms with Gasteiger partial charge in [0.1, 0.15) is 0 Å². The van der Waals surface area contributed by atoms with E-state index in [-0.39, 0.29) is 0 Å². The number of aliphatic hydroxyl groups excluding tert-OH is 1. The van der Waals surface area contributed by atoms with Crippen LogP contribution in [0, 0.1) is 6.92 Å². The zero-order valence-electron chi connectivity index (χ0n) is 11.4. The van der Waals surface area contributed by atoms with Crippen LogP contribution < -0.4 is 4.90 Å². The van der Waals surface area contributed by atoms with Gasteiger partial charge < -0.3 is 10.0 Å². The van der Waals surface area contributed by atoms with Crippen molar-refractivity contribution in [2.45, 2.75) is 20.0 Å². The van der Waals surface area contributed by atoms with Crippen molar-refractivity contribution in [2.75, 3.05) is 11.9 Å². The van der Waals surface area contributed by atoms with Gasteiger partial charge in [-0.2, -0.15) is 0 Å². The van der Waals surface area contributed by atoms with Crippen molar-refractivity contribution < 1.29 is 5.11 Å². The molecule has 2 aromatic rings. The van der Waals surface area contributed by atoms with Gasteiger partial charge in [-0.25, -0.2) is 0 Å². The van der Waals surface area contributed by atoms with E-state index in [4.69, 9.17) is 11.6 Å². The van der Waals surface area contributed by atoms with Gasteiger partial charge in [-0.3, -0.25) is 0 Å².